The maximum atomic E-state index is 12.9. The summed E-state index contributed by atoms with van der Waals surface area (Å²) in [5, 5.41) is 3.05. The summed E-state index contributed by atoms with van der Waals surface area (Å²) in [6.07, 6.45) is 4.67. The normalized spacial score (nSPS) is 14.3. The number of carbonyl (C=O) groups excluding carboxylic acids is 1. The van der Waals surface area contributed by atoms with E-state index in [1.165, 1.54) is 35.3 Å². The van der Waals surface area contributed by atoms with Gasteiger partial charge in [-0.15, -0.1) is 0 Å². The van der Waals surface area contributed by atoms with Gasteiger partial charge in [-0.2, -0.15) is 0 Å². The molecule has 3 aromatic carbocycles. The molecule has 0 aromatic heterocycles. The van der Waals surface area contributed by atoms with Crippen LogP contribution < -0.4 is 9.62 Å². The topological polar surface area (TPSA) is 66.5 Å². The zero-order chi connectivity index (χ0) is 22.7. The fourth-order valence-corrected chi connectivity index (χ4v) is 5.33. The molecule has 0 bridgehead atoms. The van der Waals surface area contributed by atoms with Gasteiger partial charge in [-0.3, -0.25) is 9.10 Å². The van der Waals surface area contributed by atoms with E-state index in [9.17, 15) is 13.2 Å². The van der Waals surface area contributed by atoms with Crippen LogP contribution in [0.25, 0.3) is 0 Å². The number of sulfonamides is 1. The number of anilines is 1. The molecule has 0 heterocycles. The van der Waals surface area contributed by atoms with Crippen LogP contribution in [0.3, 0.4) is 0 Å². The molecular weight excluding hydrogens is 420 g/mol. The van der Waals surface area contributed by atoms with Crippen molar-refractivity contribution in [3.63, 3.8) is 0 Å². The number of aryl methyl sites for hydroxylation is 2. The Bertz CT molecular complexity index is 1220. The van der Waals surface area contributed by atoms with Crippen molar-refractivity contribution in [1.82, 2.24) is 5.32 Å². The molecule has 3 aromatic rings. The van der Waals surface area contributed by atoms with Gasteiger partial charge in [0, 0.05) is 12.6 Å². The van der Waals surface area contributed by atoms with Gasteiger partial charge >= 0.3 is 0 Å². The van der Waals surface area contributed by atoms with Crippen molar-refractivity contribution >= 4 is 21.6 Å². The Morgan fingerprint density at radius 3 is 2.38 bits per heavy atom. The molecule has 1 amide bonds. The summed E-state index contributed by atoms with van der Waals surface area (Å²) in [5.74, 6) is -0.234. The van der Waals surface area contributed by atoms with E-state index in [4.69, 9.17) is 0 Å². The Hall–Kier alpha value is -3.12. The van der Waals surface area contributed by atoms with E-state index in [0.29, 0.717) is 11.3 Å². The highest BCUT2D eigenvalue weighted by atomic mass is 32.2. The number of hydrogen-bond acceptors (Lipinski definition) is 3. The lowest BCUT2D eigenvalue weighted by molar-refractivity contribution is 0.0940. The fourth-order valence-electron chi connectivity index (χ4n) is 4.12. The second-order valence-corrected chi connectivity index (χ2v) is 10.2. The van der Waals surface area contributed by atoms with Crippen LogP contribution >= 0.6 is 0 Å². The summed E-state index contributed by atoms with van der Waals surface area (Å²) >= 11 is 0. The van der Waals surface area contributed by atoms with Crippen LogP contribution in [0, 0.1) is 0 Å². The van der Waals surface area contributed by atoms with E-state index in [1.54, 1.807) is 54.6 Å². The largest absolute Gasteiger partial charge is 0.346 e. The Morgan fingerprint density at radius 1 is 0.906 bits per heavy atom. The third-order valence-electron chi connectivity index (χ3n) is 6.09. The SMILES string of the molecule is C[C@@H](NC(=O)c1cccc(N(C)S(=O)(=O)c2ccccc2)c1)c1ccc2c(c1)CCCC2. The third kappa shape index (κ3) is 4.55. The highest BCUT2D eigenvalue weighted by Crippen LogP contribution is 2.26. The second-order valence-electron chi connectivity index (χ2n) is 8.27. The van der Waals surface area contributed by atoms with Gasteiger partial charge in [0.25, 0.3) is 15.9 Å². The molecule has 1 atom stereocenters. The average molecular weight is 449 g/mol. The lowest BCUT2D eigenvalue weighted by atomic mass is 9.89. The third-order valence-corrected chi connectivity index (χ3v) is 7.89. The lowest BCUT2D eigenvalue weighted by Crippen LogP contribution is -2.28. The average Bonchev–Trinajstić information content (AvgIpc) is 2.83. The Morgan fingerprint density at radius 2 is 1.62 bits per heavy atom. The summed E-state index contributed by atoms with van der Waals surface area (Å²) in [6, 6.07) is 21.3. The zero-order valence-corrected chi connectivity index (χ0v) is 19.2. The minimum atomic E-state index is -3.71. The molecule has 6 heteroatoms. The van der Waals surface area contributed by atoms with Gasteiger partial charge in [-0.25, -0.2) is 8.42 Å². The molecule has 1 aliphatic carbocycles. The summed E-state index contributed by atoms with van der Waals surface area (Å²) in [4.78, 5) is 13.1. The predicted molar refractivity (Wildman–Crippen MR) is 127 cm³/mol. The summed E-state index contributed by atoms with van der Waals surface area (Å²) in [7, 11) is -2.21. The number of fused-ring (bicyclic) bond motifs is 1. The van der Waals surface area contributed by atoms with Crippen LogP contribution in [0.2, 0.25) is 0 Å². The number of nitrogens with zero attached hydrogens (tertiary/aromatic N) is 1. The van der Waals surface area contributed by atoms with Gasteiger partial charge in [-0.05, 0) is 79.6 Å². The Balaban J connectivity index is 1.51. The van der Waals surface area contributed by atoms with Gasteiger partial charge in [0.2, 0.25) is 0 Å². The van der Waals surface area contributed by atoms with Crippen molar-refractivity contribution in [2.24, 2.45) is 0 Å². The molecule has 4 rings (SSSR count). The second kappa shape index (κ2) is 9.17. The standard InChI is InChI=1S/C26H28N2O3S/c1-19(21-16-15-20-9-6-7-10-22(20)17-21)27-26(29)23-11-8-12-24(18-23)28(2)32(30,31)25-13-4-3-5-14-25/h3-5,8,11-19H,6-7,9-10H2,1-2H3,(H,27,29)/t19-/m1/s1. The highest BCUT2D eigenvalue weighted by Gasteiger charge is 2.22. The number of benzene rings is 3. The van der Waals surface area contributed by atoms with Crippen LogP contribution in [0.4, 0.5) is 5.69 Å². The van der Waals surface area contributed by atoms with E-state index >= 15 is 0 Å². The van der Waals surface area contributed by atoms with Crippen LogP contribution in [0.15, 0.2) is 77.7 Å². The first-order valence-corrected chi connectivity index (χ1v) is 12.4. The molecule has 1 aliphatic rings. The van der Waals surface area contributed by atoms with Gasteiger partial charge in [0.1, 0.15) is 0 Å². The number of hydrogen-bond donors (Lipinski definition) is 1. The summed E-state index contributed by atoms with van der Waals surface area (Å²) in [6.45, 7) is 1.97. The first-order valence-electron chi connectivity index (χ1n) is 10.9. The predicted octanol–water partition coefficient (Wildman–Crippen LogP) is 4.88. The van der Waals surface area contributed by atoms with Crippen molar-refractivity contribution in [3.05, 3.63) is 95.1 Å². The minimum Gasteiger partial charge on any atom is -0.346 e. The molecule has 0 spiro atoms. The molecule has 0 radical (unpaired) electrons. The van der Waals surface area contributed by atoms with E-state index in [0.717, 1.165) is 18.4 Å². The zero-order valence-electron chi connectivity index (χ0n) is 18.4. The van der Waals surface area contributed by atoms with Gasteiger partial charge in [0.05, 0.1) is 16.6 Å². The summed E-state index contributed by atoms with van der Waals surface area (Å²) < 4.78 is 27.0. The monoisotopic (exact) mass is 448 g/mol. The van der Waals surface area contributed by atoms with Gasteiger partial charge < -0.3 is 5.32 Å². The Labute approximate surface area is 190 Å². The molecular formula is C26H28N2O3S. The van der Waals surface area contributed by atoms with E-state index in [1.807, 2.05) is 6.92 Å². The maximum absolute atomic E-state index is 12.9. The first-order chi connectivity index (χ1) is 15.4. The molecule has 0 aliphatic heterocycles. The lowest BCUT2D eigenvalue weighted by Gasteiger charge is -2.21. The van der Waals surface area contributed by atoms with Crippen molar-refractivity contribution < 1.29 is 13.2 Å². The van der Waals surface area contributed by atoms with Gasteiger partial charge in [-0.1, -0.05) is 42.5 Å². The highest BCUT2D eigenvalue weighted by molar-refractivity contribution is 7.92. The maximum Gasteiger partial charge on any atom is 0.264 e. The van der Waals surface area contributed by atoms with Crippen molar-refractivity contribution in [1.29, 1.82) is 0 Å². The van der Waals surface area contributed by atoms with Crippen molar-refractivity contribution in [2.45, 2.75) is 43.5 Å². The number of nitrogens with one attached hydrogen (secondary N) is 1. The molecule has 32 heavy (non-hydrogen) atoms. The van der Waals surface area contributed by atoms with E-state index in [2.05, 4.69) is 23.5 Å². The van der Waals surface area contributed by atoms with Crippen molar-refractivity contribution in [3.8, 4) is 0 Å². The van der Waals surface area contributed by atoms with E-state index < -0.39 is 10.0 Å². The smallest absolute Gasteiger partial charge is 0.264 e. The molecule has 0 fully saturated rings. The Kier molecular flexibility index (Phi) is 6.33. The number of amides is 1. The number of carbonyl (C=O) groups is 1. The molecule has 0 saturated carbocycles. The minimum absolute atomic E-state index is 0.149. The fraction of sp³-hybridized carbons (Fsp3) is 0.269. The van der Waals surface area contributed by atoms with Crippen LogP contribution in [-0.2, 0) is 22.9 Å². The van der Waals surface area contributed by atoms with Crippen molar-refractivity contribution in [2.75, 3.05) is 11.4 Å². The summed E-state index contributed by atoms with van der Waals surface area (Å²) in [5.41, 5.74) is 4.72. The molecule has 5 nitrogen and oxygen atoms in total. The first kappa shape index (κ1) is 22.1. The van der Waals surface area contributed by atoms with Crippen LogP contribution in [0.5, 0.6) is 0 Å². The van der Waals surface area contributed by atoms with Crippen LogP contribution in [0.1, 0.15) is 52.9 Å². The molecule has 166 valence electrons. The molecule has 0 saturated heterocycles. The quantitative estimate of drug-likeness (QED) is 0.584. The van der Waals surface area contributed by atoms with E-state index in [-0.39, 0.29) is 16.8 Å². The van der Waals surface area contributed by atoms with Crippen LogP contribution in [-0.4, -0.2) is 21.4 Å². The number of rotatable bonds is 6. The van der Waals surface area contributed by atoms with Gasteiger partial charge in [0.15, 0.2) is 0 Å². The molecule has 1 N–H and O–H groups in total. The molecule has 0 unspecified atom stereocenters.